The van der Waals surface area contributed by atoms with E-state index in [4.69, 9.17) is 4.74 Å². The van der Waals surface area contributed by atoms with E-state index in [0.29, 0.717) is 12.2 Å². The zero-order valence-electron chi connectivity index (χ0n) is 12.9. The van der Waals surface area contributed by atoms with Crippen molar-refractivity contribution in [2.45, 2.75) is 26.7 Å². The highest BCUT2D eigenvalue weighted by molar-refractivity contribution is 5.90. The van der Waals surface area contributed by atoms with Gasteiger partial charge in [0.1, 0.15) is 11.5 Å². The molecule has 0 heterocycles. The Labute approximate surface area is 130 Å². The van der Waals surface area contributed by atoms with Crippen molar-refractivity contribution in [2.24, 2.45) is 0 Å². The second-order valence-corrected chi connectivity index (χ2v) is 4.95. The van der Waals surface area contributed by atoms with E-state index in [1.165, 1.54) is 11.1 Å². The van der Waals surface area contributed by atoms with Gasteiger partial charge in [-0.25, -0.2) is 0 Å². The lowest BCUT2D eigenvalue weighted by Crippen LogP contribution is -1.93. The van der Waals surface area contributed by atoms with E-state index in [0.717, 1.165) is 24.0 Å². The molecule has 3 nitrogen and oxygen atoms in total. The van der Waals surface area contributed by atoms with Gasteiger partial charge in [0.15, 0.2) is 0 Å². The predicted molar refractivity (Wildman–Crippen MR) is 88.6 cm³/mol. The summed E-state index contributed by atoms with van der Waals surface area (Å²) < 4.78 is 4.83. The highest BCUT2D eigenvalue weighted by Crippen LogP contribution is 2.32. The molecule has 2 aromatic rings. The fraction of sp³-hybridized carbons (Fsp3) is 0.211. The maximum atomic E-state index is 10.4. The molecule has 0 bridgehead atoms. The molecule has 0 fully saturated rings. The molecule has 2 aromatic carbocycles. The van der Waals surface area contributed by atoms with Crippen LogP contribution in [-0.4, -0.2) is 11.6 Å². The van der Waals surface area contributed by atoms with E-state index in [2.05, 4.69) is 13.8 Å². The van der Waals surface area contributed by atoms with Crippen LogP contribution in [0.2, 0.25) is 0 Å². The maximum absolute atomic E-state index is 10.4. The smallest absolute Gasteiger partial charge is 0.298 e. The van der Waals surface area contributed by atoms with Crippen LogP contribution in [0.5, 0.6) is 11.5 Å². The monoisotopic (exact) mass is 296 g/mol. The van der Waals surface area contributed by atoms with Crippen molar-refractivity contribution in [3.8, 4) is 11.5 Å². The zero-order valence-corrected chi connectivity index (χ0v) is 12.9. The quantitative estimate of drug-likeness (QED) is 0.623. The van der Waals surface area contributed by atoms with Crippen LogP contribution in [0.3, 0.4) is 0 Å². The number of hydrogen-bond donors (Lipinski definition) is 1. The molecule has 0 spiro atoms. The van der Waals surface area contributed by atoms with E-state index in [-0.39, 0.29) is 5.75 Å². The second kappa shape index (κ2) is 7.46. The average molecular weight is 296 g/mol. The van der Waals surface area contributed by atoms with Gasteiger partial charge < -0.3 is 9.84 Å². The molecule has 0 aliphatic carbocycles. The number of rotatable bonds is 6. The van der Waals surface area contributed by atoms with Gasteiger partial charge in [-0.15, -0.1) is 0 Å². The fourth-order valence-corrected chi connectivity index (χ4v) is 2.64. The number of carbonyl (C=O) groups is 1. The van der Waals surface area contributed by atoms with Crippen LogP contribution in [-0.2, 0) is 4.79 Å². The summed E-state index contributed by atoms with van der Waals surface area (Å²) in [7, 11) is 0. The first-order valence-electron chi connectivity index (χ1n) is 7.41. The van der Waals surface area contributed by atoms with Gasteiger partial charge in [-0.1, -0.05) is 38.1 Å². The minimum Gasteiger partial charge on any atom is -0.508 e. The molecular weight excluding hydrogens is 276 g/mol. The van der Waals surface area contributed by atoms with Gasteiger partial charge in [0.25, 0.3) is 6.47 Å². The highest BCUT2D eigenvalue weighted by atomic mass is 16.5. The van der Waals surface area contributed by atoms with Gasteiger partial charge in [0.2, 0.25) is 0 Å². The summed E-state index contributed by atoms with van der Waals surface area (Å²) in [5.41, 5.74) is 4.74. The Morgan fingerprint density at radius 2 is 1.36 bits per heavy atom. The molecule has 0 aliphatic heterocycles. The minimum absolute atomic E-state index is 0.271. The van der Waals surface area contributed by atoms with Gasteiger partial charge in [-0.3, -0.25) is 4.79 Å². The van der Waals surface area contributed by atoms with Gasteiger partial charge in [-0.2, -0.15) is 0 Å². The number of carbonyl (C=O) groups excluding carboxylic acids is 1. The van der Waals surface area contributed by atoms with Gasteiger partial charge in [-0.05, 0) is 59.4 Å². The van der Waals surface area contributed by atoms with E-state index in [1.54, 1.807) is 24.3 Å². The van der Waals surface area contributed by atoms with Gasteiger partial charge in [0, 0.05) is 0 Å². The van der Waals surface area contributed by atoms with E-state index in [1.807, 2.05) is 24.3 Å². The van der Waals surface area contributed by atoms with Crippen molar-refractivity contribution in [1.82, 2.24) is 0 Å². The Balaban J connectivity index is 2.45. The van der Waals surface area contributed by atoms with Crippen molar-refractivity contribution in [1.29, 1.82) is 0 Å². The summed E-state index contributed by atoms with van der Waals surface area (Å²) in [5, 5.41) is 9.45. The first-order chi connectivity index (χ1) is 10.7. The summed E-state index contributed by atoms with van der Waals surface area (Å²) in [4.78, 5) is 10.4. The molecule has 0 saturated heterocycles. The summed E-state index contributed by atoms with van der Waals surface area (Å²) in [6.45, 7) is 4.68. The third-order valence-electron chi connectivity index (χ3n) is 3.67. The predicted octanol–water partition coefficient (Wildman–Crippen LogP) is 4.66. The van der Waals surface area contributed by atoms with Crippen molar-refractivity contribution >= 4 is 17.6 Å². The SMILES string of the molecule is CC/C(=C(/CC)c1ccc(OC=O)cc1)c1ccc(O)cc1. The topological polar surface area (TPSA) is 46.5 Å². The first kappa shape index (κ1) is 15.8. The second-order valence-electron chi connectivity index (χ2n) is 4.95. The molecule has 22 heavy (non-hydrogen) atoms. The van der Waals surface area contributed by atoms with Crippen LogP contribution in [0.25, 0.3) is 11.1 Å². The molecule has 0 saturated carbocycles. The first-order valence-corrected chi connectivity index (χ1v) is 7.41. The van der Waals surface area contributed by atoms with Crippen molar-refractivity contribution in [3.05, 3.63) is 59.7 Å². The lowest BCUT2D eigenvalue weighted by molar-refractivity contribution is -0.120. The maximum Gasteiger partial charge on any atom is 0.298 e. The Hall–Kier alpha value is -2.55. The number of benzene rings is 2. The highest BCUT2D eigenvalue weighted by Gasteiger charge is 2.09. The summed E-state index contributed by atoms with van der Waals surface area (Å²) in [6, 6.07) is 14.8. The Kier molecular flexibility index (Phi) is 5.37. The third kappa shape index (κ3) is 3.55. The Morgan fingerprint density at radius 1 is 0.909 bits per heavy atom. The molecule has 0 unspecified atom stereocenters. The number of ether oxygens (including phenoxy) is 1. The third-order valence-corrected chi connectivity index (χ3v) is 3.67. The summed E-state index contributed by atoms with van der Waals surface area (Å²) in [5.74, 6) is 0.810. The number of allylic oxidation sites excluding steroid dienone is 2. The molecule has 3 heteroatoms. The van der Waals surface area contributed by atoms with Crippen LogP contribution in [0.15, 0.2) is 48.5 Å². The van der Waals surface area contributed by atoms with Crippen LogP contribution < -0.4 is 4.74 Å². The average Bonchev–Trinajstić information content (AvgIpc) is 2.55. The molecule has 2 rings (SSSR count). The van der Waals surface area contributed by atoms with Crippen LogP contribution >= 0.6 is 0 Å². The Morgan fingerprint density at radius 3 is 1.77 bits per heavy atom. The summed E-state index contributed by atoms with van der Waals surface area (Å²) >= 11 is 0. The molecule has 0 aromatic heterocycles. The molecule has 0 aliphatic rings. The fourth-order valence-electron chi connectivity index (χ4n) is 2.64. The van der Waals surface area contributed by atoms with Crippen molar-refractivity contribution < 1.29 is 14.6 Å². The molecule has 0 radical (unpaired) electrons. The number of phenols is 1. The van der Waals surface area contributed by atoms with Crippen LogP contribution in [0, 0.1) is 0 Å². The number of hydrogen-bond acceptors (Lipinski definition) is 3. The minimum atomic E-state index is 0.271. The molecule has 0 atom stereocenters. The Bertz CT molecular complexity index is 652. The molecule has 1 N–H and O–H groups in total. The van der Waals surface area contributed by atoms with Crippen molar-refractivity contribution in [2.75, 3.05) is 0 Å². The molecular formula is C19H20O3. The van der Waals surface area contributed by atoms with E-state index in [9.17, 15) is 9.90 Å². The zero-order chi connectivity index (χ0) is 15.9. The number of phenolic OH excluding ortho intramolecular Hbond substituents is 1. The molecule has 0 amide bonds. The van der Waals surface area contributed by atoms with E-state index < -0.39 is 0 Å². The normalized spacial score (nSPS) is 11.7. The molecule has 114 valence electrons. The standard InChI is InChI=1S/C19H20O3/c1-3-18(14-5-9-16(21)10-6-14)19(4-2)15-7-11-17(12-8-15)22-13-20/h5-13,21H,3-4H2,1-2H3/b19-18+. The van der Waals surface area contributed by atoms with Crippen LogP contribution in [0.4, 0.5) is 0 Å². The summed E-state index contributed by atoms with van der Waals surface area (Å²) in [6.07, 6.45) is 1.80. The van der Waals surface area contributed by atoms with Crippen LogP contribution in [0.1, 0.15) is 37.8 Å². The lowest BCUT2D eigenvalue weighted by Gasteiger charge is -2.14. The lowest BCUT2D eigenvalue weighted by atomic mass is 9.91. The largest absolute Gasteiger partial charge is 0.508 e. The van der Waals surface area contributed by atoms with E-state index >= 15 is 0 Å². The number of aromatic hydroxyl groups is 1. The van der Waals surface area contributed by atoms with Gasteiger partial charge in [0.05, 0.1) is 0 Å². The van der Waals surface area contributed by atoms with Gasteiger partial charge >= 0.3 is 0 Å². The van der Waals surface area contributed by atoms with Crippen molar-refractivity contribution in [3.63, 3.8) is 0 Å².